The summed E-state index contributed by atoms with van der Waals surface area (Å²) >= 11 is 0. The van der Waals surface area contributed by atoms with E-state index in [1.807, 2.05) is 0 Å². The quantitative estimate of drug-likeness (QED) is 0.240. The van der Waals surface area contributed by atoms with E-state index in [1.54, 1.807) is 0 Å². The first kappa shape index (κ1) is 22.1. The molecule has 2 heteroatoms. The van der Waals surface area contributed by atoms with E-state index in [9.17, 15) is 0 Å². The lowest BCUT2D eigenvalue weighted by atomic mass is 10.1. The van der Waals surface area contributed by atoms with Crippen LogP contribution in [0, 0.1) is 0 Å². The number of ether oxygens (including phenoxy) is 1. The number of benzene rings is 2. The molecule has 3 rings (SSSR count). The molecule has 1 unspecified atom stereocenters. The van der Waals surface area contributed by atoms with Crippen molar-refractivity contribution in [3.8, 4) is 0 Å². The predicted molar refractivity (Wildman–Crippen MR) is 122 cm³/mol. The van der Waals surface area contributed by atoms with Crippen molar-refractivity contribution in [2.75, 3.05) is 12.8 Å². The Morgan fingerprint density at radius 1 is 0.741 bits per heavy atom. The van der Waals surface area contributed by atoms with Crippen LogP contribution in [0.15, 0.2) is 60.7 Å². The topological polar surface area (TPSA) is 12.5 Å². The van der Waals surface area contributed by atoms with E-state index in [0.29, 0.717) is 6.10 Å². The van der Waals surface area contributed by atoms with E-state index in [-0.39, 0.29) is 7.92 Å². The lowest BCUT2D eigenvalue weighted by Crippen LogP contribution is -2.13. The number of hydrogen-bond acceptors (Lipinski definition) is 1. The van der Waals surface area contributed by atoms with Crippen LogP contribution >= 0.6 is 7.92 Å². The van der Waals surface area contributed by atoms with Gasteiger partial charge in [0.1, 0.15) is 0 Å². The zero-order valence-electron chi connectivity index (χ0n) is 17.3. The number of unbranched alkanes of at least 4 members (excludes halogenated alkanes) is 7. The second-order valence-corrected chi connectivity index (χ2v) is 9.78. The summed E-state index contributed by atoms with van der Waals surface area (Å²) in [4.78, 5) is 0. The molecule has 0 N–H and O–H groups in total. The van der Waals surface area contributed by atoms with Crippen molar-refractivity contribution < 1.29 is 4.74 Å². The first-order valence-corrected chi connectivity index (χ1v) is 12.3. The lowest BCUT2D eigenvalue weighted by molar-refractivity contribution is 0.423. The molecule has 1 saturated heterocycles. The molecule has 0 aliphatic carbocycles. The van der Waals surface area contributed by atoms with Crippen LogP contribution < -0.4 is 10.6 Å². The second kappa shape index (κ2) is 13.9. The van der Waals surface area contributed by atoms with Gasteiger partial charge in [-0.3, -0.25) is 0 Å². The molecule has 1 atom stereocenters. The maximum atomic E-state index is 4.71. The summed E-state index contributed by atoms with van der Waals surface area (Å²) in [5, 5.41) is 3.05. The van der Waals surface area contributed by atoms with Gasteiger partial charge in [-0.25, -0.2) is 0 Å². The van der Waals surface area contributed by atoms with Gasteiger partial charge in [0.2, 0.25) is 0 Å². The number of rotatable bonds is 11. The van der Waals surface area contributed by atoms with Crippen molar-refractivity contribution in [3.05, 3.63) is 60.7 Å². The van der Waals surface area contributed by atoms with Crippen molar-refractivity contribution in [1.29, 1.82) is 0 Å². The molecule has 1 aliphatic heterocycles. The molecular formula is C25H37OP. The van der Waals surface area contributed by atoms with Gasteiger partial charge in [0.15, 0.2) is 0 Å². The van der Waals surface area contributed by atoms with E-state index >= 15 is 0 Å². The molecule has 2 aromatic carbocycles. The van der Waals surface area contributed by atoms with Crippen LogP contribution in [0.1, 0.15) is 65.2 Å². The third-order valence-electron chi connectivity index (χ3n) is 4.87. The zero-order valence-corrected chi connectivity index (χ0v) is 18.2. The smallest absolute Gasteiger partial charge is 0.0781 e. The van der Waals surface area contributed by atoms with E-state index < -0.39 is 0 Å². The minimum absolute atomic E-state index is 0.181. The SMILES string of the molecule is CC1CO1.CCCCCCCCCCP(c1ccccc1)c1ccccc1. The van der Waals surface area contributed by atoms with Gasteiger partial charge in [-0.15, -0.1) is 0 Å². The Hall–Kier alpha value is -1.17. The molecule has 0 amide bonds. The fraction of sp³-hybridized carbons (Fsp3) is 0.520. The van der Waals surface area contributed by atoms with E-state index in [2.05, 4.69) is 74.5 Å². The van der Waals surface area contributed by atoms with Crippen LogP contribution in [0.25, 0.3) is 0 Å². The van der Waals surface area contributed by atoms with Gasteiger partial charge in [0.25, 0.3) is 0 Å². The lowest BCUT2D eigenvalue weighted by Gasteiger charge is -2.18. The third-order valence-corrected chi connectivity index (χ3v) is 7.48. The maximum Gasteiger partial charge on any atom is 0.0781 e. The van der Waals surface area contributed by atoms with Crippen molar-refractivity contribution >= 4 is 18.5 Å². The van der Waals surface area contributed by atoms with Crippen molar-refractivity contribution in [3.63, 3.8) is 0 Å². The van der Waals surface area contributed by atoms with Gasteiger partial charge in [0, 0.05) is 0 Å². The summed E-state index contributed by atoms with van der Waals surface area (Å²) in [5.41, 5.74) is 0. The van der Waals surface area contributed by atoms with Crippen molar-refractivity contribution in [2.45, 2.75) is 71.3 Å². The molecule has 27 heavy (non-hydrogen) atoms. The molecule has 0 radical (unpaired) electrons. The highest BCUT2D eigenvalue weighted by Gasteiger charge is 2.13. The summed E-state index contributed by atoms with van der Waals surface area (Å²) in [6.07, 6.45) is 13.1. The molecule has 0 bridgehead atoms. The molecule has 1 heterocycles. The van der Waals surface area contributed by atoms with Crippen LogP contribution in [-0.4, -0.2) is 18.9 Å². The zero-order chi connectivity index (χ0) is 19.2. The van der Waals surface area contributed by atoms with E-state index in [1.165, 1.54) is 68.1 Å². The van der Waals surface area contributed by atoms with Crippen LogP contribution in [-0.2, 0) is 4.74 Å². The highest BCUT2D eigenvalue weighted by atomic mass is 31.1. The summed E-state index contributed by atoms with van der Waals surface area (Å²) in [6, 6.07) is 22.2. The minimum atomic E-state index is -0.181. The van der Waals surface area contributed by atoms with Crippen LogP contribution in [0.4, 0.5) is 0 Å². The fourth-order valence-electron chi connectivity index (χ4n) is 3.12. The Labute approximate surface area is 168 Å². The Morgan fingerprint density at radius 3 is 1.56 bits per heavy atom. The normalized spacial score (nSPS) is 15.3. The minimum Gasteiger partial charge on any atom is -0.373 e. The fourth-order valence-corrected chi connectivity index (χ4v) is 5.54. The summed E-state index contributed by atoms with van der Waals surface area (Å²) in [7, 11) is -0.181. The summed E-state index contributed by atoms with van der Waals surface area (Å²) in [6.45, 7) is 5.33. The Balaban J connectivity index is 0.000000576. The average Bonchev–Trinajstić information content (AvgIpc) is 3.51. The summed E-state index contributed by atoms with van der Waals surface area (Å²) in [5.74, 6) is 0. The number of epoxide rings is 1. The largest absolute Gasteiger partial charge is 0.373 e. The molecule has 0 saturated carbocycles. The number of hydrogen-bond donors (Lipinski definition) is 0. The Kier molecular flexibility index (Phi) is 11.4. The molecule has 148 valence electrons. The van der Waals surface area contributed by atoms with Crippen LogP contribution in [0.5, 0.6) is 0 Å². The van der Waals surface area contributed by atoms with E-state index in [0.717, 1.165) is 6.61 Å². The molecule has 2 aromatic rings. The van der Waals surface area contributed by atoms with Crippen molar-refractivity contribution in [2.24, 2.45) is 0 Å². The molecular weight excluding hydrogens is 347 g/mol. The third kappa shape index (κ3) is 10.1. The van der Waals surface area contributed by atoms with Crippen LogP contribution in [0.2, 0.25) is 0 Å². The molecule has 1 aliphatic rings. The Morgan fingerprint density at radius 2 is 1.15 bits per heavy atom. The molecule has 0 aromatic heterocycles. The summed E-state index contributed by atoms with van der Waals surface area (Å²) < 4.78 is 4.71. The van der Waals surface area contributed by atoms with Gasteiger partial charge < -0.3 is 4.74 Å². The monoisotopic (exact) mass is 384 g/mol. The highest BCUT2D eigenvalue weighted by Crippen LogP contribution is 2.34. The van der Waals surface area contributed by atoms with Gasteiger partial charge >= 0.3 is 0 Å². The van der Waals surface area contributed by atoms with Gasteiger partial charge in [-0.2, -0.15) is 0 Å². The van der Waals surface area contributed by atoms with Gasteiger partial charge in [-0.1, -0.05) is 113 Å². The maximum absolute atomic E-state index is 4.71. The molecule has 1 fully saturated rings. The molecule has 1 nitrogen and oxygen atoms in total. The highest BCUT2D eigenvalue weighted by molar-refractivity contribution is 7.73. The van der Waals surface area contributed by atoms with Gasteiger partial charge in [0.05, 0.1) is 12.7 Å². The van der Waals surface area contributed by atoms with Crippen molar-refractivity contribution in [1.82, 2.24) is 0 Å². The first-order chi connectivity index (χ1) is 13.3. The average molecular weight is 385 g/mol. The molecule has 0 spiro atoms. The van der Waals surface area contributed by atoms with E-state index in [4.69, 9.17) is 4.74 Å². The van der Waals surface area contributed by atoms with Gasteiger partial charge in [-0.05, 0) is 38.0 Å². The predicted octanol–water partition coefficient (Wildman–Crippen LogP) is 6.67. The standard InChI is InChI=1S/C22H31P.C3H6O/c1-2-3-4-5-6-7-8-15-20-23(21-16-11-9-12-17-21)22-18-13-10-14-19-22;1-3-2-4-3/h9-14,16-19H,2-8,15,20H2,1H3;3H,2H2,1H3. The Bertz CT molecular complexity index is 540. The second-order valence-electron chi connectivity index (χ2n) is 7.44. The van der Waals surface area contributed by atoms with Crippen LogP contribution in [0.3, 0.4) is 0 Å². The first-order valence-electron chi connectivity index (χ1n) is 10.8.